The molecular weight excluding hydrogens is 283 g/mol. The highest BCUT2D eigenvalue weighted by Gasteiger charge is 2.17. The summed E-state index contributed by atoms with van der Waals surface area (Å²) in [7, 11) is -4.01. The lowest BCUT2D eigenvalue weighted by atomic mass is 10.2. The second kappa shape index (κ2) is 5.19. The summed E-state index contributed by atoms with van der Waals surface area (Å²) in [5, 5.41) is 18.2. The Balaban J connectivity index is 2.41. The molecule has 0 bridgehead atoms. The highest BCUT2D eigenvalue weighted by molar-refractivity contribution is 7.92. The summed E-state index contributed by atoms with van der Waals surface area (Å²) in [4.78, 5) is -0.153. The number of nitriles is 1. The van der Waals surface area contributed by atoms with E-state index in [-0.39, 0.29) is 16.1 Å². The van der Waals surface area contributed by atoms with Crippen molar-refractivity contribution in [3.8, 4) is 11.8 Å². The van der Waals surface area contributed by atoms with Crippen molar-refractivity contribution in [3.63, 3.8) is 0 Å². The van der Waals surface area contributed by atoms with Gasteiger partial charge in [0.2, 0.25) is 0 Å². The molecule has 7 heteroatoms. The van der Waals surface area contributed by atoms with Gasteiger partial charge in [-0.2, -0.15) is 5.26 Å². The Morgan fingerprint density at radius 1 is 1.20 bits per heavy atom. The topological polar surface area (TPSA) is 90.2 Å². The van der Waals surface area contributed by atoms with Gasteiger partial charge in [-0.3, -0.25) is 4.72 Å². The van der Waals surface area contributed by atoms with Crippen LogP contribution in [-0.4, -0.2) is 13.5 Å². The summed E-state index contributed by atoms with van der Waals surface area (Å²) < 4.78 is 39.3. The zero-order valence-corrected chi connectivity index (χ0v) is 10.9. The molecular formula is C13H9FN2O3S. The highest BCUT2D eigenvalue weighted by atomic mass is 32.2. The lowest BCUT2D eigenvalue weighted by Gasteiger charge is -2.09. The summed E-state index contributed by atoms with van der Waals surface area (Å²) >= 11 is 0. The Kier molecular flexibility index (Phi) is 3.59. The van der Waals surface area contributed by atoms with E-state index < -0.39 is 21.6 Å². The molecule has 0 fully saturated rings. The van der Waals surface area contributed by atoms with Crippen molar-refractivity contribution in [2.75, 3.05) is 4.72 Å². The first-order valence-electron chi connectivity index (χ1n) is 5.44. The maximum absolute atomic E-state index is 13.1. The summed E-state index contributed by atoms with van der Waals surface area (Å²) in [6, 6.07) is 10.1. The highest BCUT2D eigenvalue weighted by Crippen LogP contribution is 2.26. The quantitative estimate of drug-likeness (QED) is 0.849. The van der Waals surface area contributed by atoms with Gasteiger partial charge in [0.15, 0.2) is 0 Å². The molecule has 2 aromatic carbocycles. The number of anilines is 1. The average molecular weight is 292 g/mol. The minimum absolute atomic E-state index is 0.153. The van der Waals surface area contributed by atoms with E-state index in [1.807, 2.05) is 6.07 Å². The van der Waals surface area contributed by atoms with E-state index in [1.165, 1.54) is 24.3 Å². The Morgan fingerprint density at radius 2 is 1.95 bits per heavy atom. The summed E-state index contributed by atoms with van der Waals surface area (Å²) in [6.45, 7) is 0. The zero-order chi connectivity index (χ0) is 14.8. The molecule has 0 aromatic heterocycles. The fourth-order valence-electron chi connectivity index (χ4n) is 1.53. The number of benzene rings is 2. The van der Waals surface area contributed by atoms with Crippen molar-refractivity contribution in [2.24, 2.45) is 0 Å². The Bertz CT molecular complexity index is 798. The molecule has 0 amide bonds. The number of phenols is 1. The van der Waals surface area contributed by atoms with Gasteiger partial charge in [-0.15, -0.1) is 0 Å². The monoisotopic (exact) mass is 292 g/mol. The maximum Gasteiger partial charge on any atom is 0.262 e. The van der Waals surface area contributed by atoms with Crippen LogP contribution in [0.2, 0.25) is 0 Å². The third-order valence-electron chi connectivity index (χ3n) is 2.48. The van der Waals surface area contributed by atoms with Crippen LogP contribution in [0.1, 0.15) is 5.56 Å². The van der Waals surface area contributed by atoms with Crippen molar-refractivity contribution < 1.29 is 17.9 Å². The molecule has 2 rings (SSSR count). The van der Waals surface area contributed by atoms with Gasteiger partial charge in [-0.1, -0.05) is 6.07 Å². The van der Waals surface area contributed by atoms with Crippen molar-refractivity contribution in [1.29, 1.82) is 5.26 Å². The molecule has 20 heavy (non-hydrogen) atoms. The smallest absolute Gasteiger partial charge is 0.262 e. The van der Waals surface area contributed by atoms with Gasteiger partial charge in [0, 0.05) is 6.07 Å². The normalized spacial score (nSPS) is 10.8. The molecule has 102 valence electrons. The van der Waals surface area contributed by atoms with Gasteiger partial charge in [0.1, 0.15) is 11.6 Å². The van der Waals surface area contributed by atoms with Crippen LogP contribution < -0.4 is 4.72 Å². The molecule has 0 heterocycles. The number of hydrogen-bond acceptors (Lipinski definition) is 4. The molecule has 0 aliphatic heterocycles. The third kappa shape index (κ3) is 2.87. The summed E-state index contributed by atoms with van der Waals surface area (Å²) in [6.07, 6.45) is 0. The van der Waals surface area contributed by atoms with Gasteiger partial charge in [-0.25, -0.2) is 12.8 Å². The van der Waals surface area contributed by atoms with E-state index in [9.17, 15) is 17.9 Å². The van der Waals surface area contributed by atoms with Crippen LogP contribution >= 0.6 is 0 Å². The van der Waals surface area contributed by atoms with Gasteiger partial charge >= 0.3 is 0 Å². The summed E-state index contributed by atoms with van der Waals surface area (Å²) in [5.74, 6) is -1.09. The van der Waals surface area contributed by atoms with E-state index in [0.717, 1.165) is 18.2 Å². The van der Waals surface area contributed by atoms with Gasteiger partial charge in [-0.05, 0) is 30.3 Å². The first kappa shape index (κ1) is 13.8. The van der Waals surface area contributed by atoms with E-state index >= 15 is 0 Å². The second-order valence-electron chi connectivity index (χ2n) is 3.91. The largest absolute Gasteiger partial charge is 0.506 e. The van der Waals surface area contributed by atoms with Crippen LogP contribution in [-0.2, 0) is 10.0 Å². The predicted octanol–water partition coefficient (Wildman–Crippen LogP) is 2.20. The standard InChI is InChI=1S/C13H9FN2O3S/c14-10-4-5-13(17)12(7-10)16-20(18,19)11-3-1-2-9(6-11)8-15/h1-7,16-17H. The molecule has 2 aromatic rings. The average Bonchev–Trinajstić information content (AvgIpc) is 2.43. The maximum atomic E-state index is 13.1. The molecule has 0 aliphatic rings. The van der Waals surface area contributed by atoms with E-state index in [2.05, 4.69) is 4.72 Å². The number of phenolic OH excluding ortho intramolecular Hbond substituents is 1. The number of rotatable bonds is 3. The Labute approximate surface area is 115 Å². The van der Waals surface area contributed by atoms with Crippen LogP contribution in [0.5, 0.6) is 5.75 Å². The van der Waals surface area contributed by atoms with Gasteiger partial charge < -0.3 is 5.11 Å². The molecule has 0 atom stereocenters. The number of nitrogens with one attached hydrogen (secondary N) is 1. The van der Waals surface area contributed by atoms with Crippen molar-refractivity contribution in [3.05, 3.63) is 53.8 Å². The SMILES string of the molecule is N#Cc1cccc(S(=O)(=O)Nc2cc(F)ccc2O)c1. The zero-order valence-electron chi connectivity index (χ0n) is 10.0. The Hall–Kier alpha value is -2.59. The lowest BCUT2D eigenvalue weighted by molar-refractivity contribution is 0.475. The minimum Gasteiger partial charge on any atom is -0.506 e. The number of hydrogen-bond donors (Lipinski definition) is 2. The molecule has 2 N–H and O–H groups in total. The molecule has 0 radical (unpaired) electrons. The van der Waals surface area contributed by atoms with Crippen LogP contribution in [0.4, 0.5) is 10.1 Å². The molecule has 0 saturated heterocycles. The first-order chi connectivity index (χ1) is 9.42. The van der Waals surface area contributed by atoms with Gasteiger partial charge in [0.25, 0.3) is 10.0 Å². The van der Waals surface area contributed by atoms with Crippen molar-refractivity contribution >= 4 is 15.7 Å². The van der Waals surface area contributed by atoms with Crippen LogP contribution in [0.15, 0.2) is 47.4 Å². The fourth-order valence-corrected chi connectivity index (χ4v) is 2.64. The van der Waals surface area contributed by atoms with Crippen LogP contribution in [0, 0.1) is 17.1 Å². The number of halogens is 1. The van der Waals surface area contributed by atoms with Crippen LogP contribution in [0.25, 0.3) is 0 Å². The molecule has 0 saturated carbocycles. The number of nitrogens with zero attached hydrogens (tertiary/aromatic N) is 1. The molecule has 5 nitrogen and oxygen atoms in total. The van der Waals surface area contributed by atoms with Gasteiger partial charge in [0.05, 0.1) is 22.2 Å². The molecule has 0 unspecified atom stereocenters. The second-order valence-corrected chi connectivity index (χ2v) is 5.59. The minimum atomic E-state index is -4.01. The number of sulfonamides is 1. The van der Waals surface area contributed by atoms with E-state index in [4.69, 9.17) is 5.26 Å². The third-order valence-corrected chi connectivity index (χ3v) is 3.84. The van der Waals surface area contributed by atoms with E-state index in [1.54, 1.807) is 0 Å². The Morgan fingerprint density at radius 3 is 2.65 bits per heavy atom. The molecule has 0 aliphatic carbocycles. The fraction of sp³-hybridized carbons (Fsp3) is 0. The van der Waals surface area contributed by atoms with Crippen molar-refractivity contribution in [2.45, 2.75) is 4.90 Å². The number of aromatic hydroxyl groups is 1. The van der Waals surface area contributed by atoms with E-state index in [0.29, 0.717) is 0 Å². The predicted molar refractivity (Wildman–Crippen MR) is 70.0 cm³/mol. The summed E-state index contributed by atoms with van der Waals surface area (Å²) in [5.41, 5.74) is -0.0938. The van der Waals surface area contributed by atoms with Crippen molar-refractivity contribution in [1.82, 2.24) is 0 Å². The first-order valence-corrected chi connectivity index (χ1v) is 6.92. The van der Waals surface area contributed by atoms with Crippen LogP contribution in [0.3, 0.4) is 0 Å². The molecule has 0 spiro atoms. The lowest BCUT2D eigenvalue weighted by Crippen LogP contribution is -2.13.